The summed E-state index contributed by atoms with van der Waals surface area (Å²) in [5, 5.41) is 8.55. The van der Waals surface area contributed by atoms with Crippen LogP contribution in [0, 0.1) is 11.8 Å². The quantitative estimate of drug-likeness (QED) is 0.484. The van der Waals surface area contributed by atoms with E-state index in [1.54, 1.807) is 0 Å². The third-order valence-corrected chi connectivity index (χ3v) is 7.62. The molecule has 1 atom stereocenters. The number of nitrogens with zero attached hydrogens (tertiary/aromatic N) is 4. The molecule has 1 unspecified atom stereocenters. The van der Waals surface area contributed by atoms with E-state index in [4.69, 9.17) is 15.1 Å². The first kappa shape index (κ1) is 22.9. The normalized spacial score (nSPS) is 26.4. The largest absolute Gasteiger partial charge is 0.377 e. The number of hydrogen-bond donors (Lipinski definition) is 1. The summed E-state index contributed by atoms with van der Waals surface area (Å²) >= 11 is 0. The summed E-state index contributed by atoms with van der Waals surface area (Å²) in [6, 6.07) is 2.80. The molecule has 4 aliphatic rings. The van der Waals surface area contributed by atoms with Crippen LogP contribution in [0.15, 0.2) is 51.7 Å². The van der Waals surface area contributed by atoms with Crippen molar-refractivity contribution in [3.05, 3.63) is 47.3 Å². The Hall–Kier alpha value is -2.82. The molecule has 1 aromatic heterocycles. The van der Waals surface area contributed by atoms with Gasteiger partial charge in [0.05, 0.1) is 11.7 Å². The number of anilines is 1. The van der Waals surface area contributed by atoms with E-state index >= 15 is 0 Å². The van der Waals surface area contributed by atoms with Gasteiger partial charge in [0.25, 0.3) is 5.69 Å². The lowest BCUT2D eigenvalue weighted by Gasteiger charge is -2.27. The van der Waals surface area contributed by atoms with Gasteiger partial charge in [-0.15, -0.1) is 0 Å². The van der Waals surface area contributed by atoms with Gasteiger partial charge in [0.15, 0.2) is 5.71 Å². The highest BCUT2D eigenvalue weighted by atomic mass is 15.4. The molecule has 0 spiro atoms. The number of hydrogen-bond acceptors (Lipinski definition) is 4. The molecule has 1 saturated carbocycles. The molecule has 1 N–H and O–H groups in total. The van der Waals surface area contributed by atoms with Crippen molar-refractivity contribution in [3.8, 4) is 0 Å². The Morgan fingerprint density at radius 1 is 1.12 bits per heavy atom. The minimum Gasteiger partial charge on any atom is -0.377 e. The summed E-state index contributed by atoms with van der Waals surface area (Å²) in [5.74, 6) is 1.54. The molecular formula is C29H38N5+. The SMILES string of the molecule is CCC1CCC(C2=N[N+](c3cnc(C4=CC=C5C=C(C)C=NC5CC4)cc3NC(C)C)=C2)CC1. The van der Waals surface area contributed by atoms with Crippen molar-refractivity contribution in [1.82, 2.24) is 4.98 Å². The molecule has 1 fully saturated rings. The molecule has 5 rings (SSSR count). The lowest BCUT2D eigenvalue weighted by Crippen LogP contribution is -2.31. The summed E-state index contributed by atoms with van der Waals surface area (Å²) in [5.41, 5.74) is 8.22. The summed E-state index contributed by atoms with van der Waals surface area (Å²) in [7, 11) is 0. The first-order valence-electron chi connectivity index (χ1n) is 13.1. The third kappa shape index (κ3) is 4.84. The Morgan fingerprint density at radius 3 is 2.65 bits per heavy atom. The molecule has 0 saturated heterocycles. The van der Waals surface area contributed by atoms with Gasteiger partial charge in [-0.05, 0) is 92.7 Å². The fraction of sp³-hybridized carbons (Fsp3) is 0.517. The molecular weight excluding hydrogens is 418 g/mol. The maximum atomic E-state index is 4.92. The van der Waals surface area contributed by atoms with E-state index in [-0.39, 0.29) is 6.04 Å². The molecule has 0 amide bonds. The van der Waals surface area contributed by atoms with Gasteiger partial charge in [0.2, 0.25) is 6.21 Å². The van der Waals surface area contributed by atoms with Gasteiger partial charge < -0.3 is 5.32 Å². The zero-order valence-electron chi connectivity index (χ0n) is 21.1. The van der Waals surface area contributed by atoms with Crippen molar-refractivity contribution in [3.63, 3.8) is 0 Å². The highest BCUT2D eigenvalue weighted by Gasteiger charge is 2.34. The maximum Gasteiger partial charge on any atom is 0.279 e. The number of dihydropyridines is 1. The van der Waals surface area contributed by atoms with E-state index in [1.807, 2.05) is 17.1 Å². The molecule has 0 aromatic carbocycles. The fourth-order valence-corrected chi connectivity index (χ4v) is 5.53. The Morgan fingerprint density at radius 2 is 1.91 bits per heavy atom. The highest BCUT2D eigenvalue weighted by molar-refractivity contribution is 6.32. The van der Waals surface area contributed by atoms with E-state index < -0.39 is 0 Å². The van der Waals surface area contributed by atoms with E-state index in [9.17, 15) is 0 Å². The van der Waals surface area contributed by atoms with E-state index in [0.29, 0.717) is 12.0 Å². The van der Waals surface area contributed by atoms with E-state index in [0.717, 1.165) is 35.8 Å². The first-order chi connectivity index (χ1) is 16.5. The lowest BCUT2D eigenvalue weighted by molar-refractivity contribution is -0.449. The Balaban J connectivity index is 1.35. The molecule has 0 radical (unpaired) electrons. The van der Waals surface area contributed by atoms with Crippen LogP contribution in [0.2, 0.25) is 0 Å². The maximum absolute atomic E-state index is 4.92. The van der Waals surface area contributed by atoms with Crippen LogP contribution in [0.5, 0.6) is 0 Å². The number of hydrazone groups is 1. The number of rotatable bonds is 6. The van der Waals surface area contributed by atoms with Crippen molar-refractivity contribution in [2.45, 2.75) is 84.7 Å². The van der Waals surface area contributed by atoms with Crippen molar-refractivity contribution in [1.29, 1.82) is 0 Å². The second-order valence-electron chi connectivity index (χ2n) is 10.6. The highest BCUT2D eigenvalue weighted by Crippen LogP contribution is 2.36. The van der Waals surface area contributed by atoms with Gasteiger partial charge in [-0.2, -0.15) is 0 Å². The second-order valence-corrected chi connectivity index (χ2v) is 10.6. The van der Waals surface area contributed by atoms with Crippen molar-refractivity contribution >= 4 is 35.1 Å². The van der Waals surface area contributed by atoms with Crippen molar-refractivity contribution in [2.24, 2.45) is 21.9 Å². The lowest BCUT2D eigenvalue weighted by atomic mass is 9.78. The van der Waals surface area contributed by atoms with Gasteiger partial charge in [0, 0.05) is 23.3 Å². The Labute approximate surface area is 204 Å². The van der Waals surface area contributed by atoms with Gasteiger partial charge in [0.1, 0.15) is 11.9 Å². The van der Waals surface area contributed by atoms with E-state index in [2.05, 4.69) is 63.5 Å². The minimum absolute atomic E-state index is 0.265. The number of pyridine rings is 1. The zero-order valence-corrected chi connectivity index (χ0v) is 21.1. The predicted molar refractivity (Wildman–Crippen MR) is 143 cm³/mol. The molecule has 5 nitrogen and oxygen atoms in total. The molecule has 2 aliphatic carbocycles. The van der Waals surface area contributed by atoms with Crippen LogP contribution >= 0.6 is 0 Å². The molecule has 5 heteroatoms. The van der Waals surface area contributed by atoms with Crippen LogP contribution in [-0.4, -0.2) is 39.9 Å². The average molecular weight is 457 g/mol. The standard InChI is InChI=1S/C29H38N5/c1-5-21-6-8-23(9-7-21)28-18-34(33-28)29-17-31-26(15-27(29)32-19(2)3)22-10-11-24-14-20(4)16-30-25(24)13-12-22/h10-11,14-19,21,23,25H,5-9,12-13H2,1-4H3,(H,31,32)/q+1. The van der Waals surface area contributed by atoms with Crippen LogP contribution in [0.4, 0.5) is 11.4 Å². The predicted octanol–water partition coefficient (Wildman–Crippen LogP) is 6.71. The van der Waals surface area contributed by atoms with Crippen LogP contribution in [0.3, 0.4) is 0 Å². The number of fused-ring (bicyclic) bond motifs is 1. The first-order valence-corrected chi connectivity index (χ1v) is 13.1. The molecule has 178 valence electrons. The topological polar surface area (TPSA) is 52.6 Å². The second kappa shape index (κ2) is 9.81. The van der Waals surface area contributed by atoms with Gasteiger partial charge in [-0.3, -0.25) is 4.99 Å². The monoisotopic (exact) mass is 456 g/mol. The van der Waals surface area contributed by atoms with Crippen molar-refractivity contribution in [2.75, 3.05) is 5.32 Å². The van der Waals surface area contributed by atoms with E-state index in [1.165, 1.54) is 54.5 Å². The van der Waals surface area contributed by atoms with Crippen LogP contribution in [0.25, 0.3) is 5.57 Å². The molecule has 2 aliphatic heterocycles. The van der Waals surface area contributed by atoms with Crippen LogP contribution in [0.1, 0.15) is 78.3 Å². The Bertz CT molecular complexity index is 1120. The van der Waals surface area contributed by atoms with Gasteiger partial charge in [-0.25, -0.2) is 4.98 Å². The van der Waals surface area contributed by atoms with Crippen molar-refractivity contribution < 1.29 is 4.68 Å². The molecule has 0 bridgehead atoms. The number of aromatic nitrogens is 1. The zero-order chi connectivity index (χ0) is 23.7. The Kier molecular flexibility index (Phi) is 6.62. The number of aliphatic imine (C=N–C) groups is 1. The molecule has 1 aromatic rings. The summed E-state index contributed by atoms with van der Waals surface area (Å²) < 4.78 is 2.02. The van der Waals surface area contributed by atoms with Crippen LogP contribution < -0.4 is 5.32 Å². The summed E-state index contributed by atoms with van der Waals surface area (Å²) in [6.45, 7) is 8.78. The summed E-state index contributed by atoms with van der Waals surface area (Å²) in [4.78, 5) is 9.62. The summed E-state index contributed by atoms with van der Waals surface area (Å²) in [6.07, 6.45) is 21.5. The van der Waals surface area contributed by atoms with Gasteiger partial charge >= 0.3 is 0 Å². The van der Waals surface area contributed by atoms with Gasteiger partial charge in [-0.1, -0.05) is 31.6 Å². The molecule has 34 heavy (non-hydrogen) atoms. The van der Waals surface area contributed by atoms with Crippen LogP contribution in [-0.2, 0) is 0 Å². The number of nitrogens with one attached hydrogen (secondary N) is 1. The minimum atomic E-state index is 0.265. The number of allylic oxidation sites excluding steroid dienone is 4. The third-order valence-electron chi connectivity index (χ3n) is 7.62. The molecule has 3 heterocycles. The smallest absolute Gasteiger partial charge is 0.279 e. The average Bonchev–Trinajstić information content (AvgIpc) is 3.01. The fourth-order valence-electron chi connectivity index (χ4n) is 5.53.